The summed E-state index contributed by atoms with van der Waals surface area (Å²) in [4.78, 5) is 11.6. The van der Waals surface area contributed by atoms with Gasteiger partial charge in [-0.05, 0) is 30.6 Å². The fourth-order valence-corrected chi connectivity index (χ4v) is 3.06. The topological polar surface area (TPSA) is 37.3 Å². The van der Waals surface area contributed by atoms with Gasteiger partial charge >= 0.3 is 0 Å². The van der Waals surface area contributed by atoms with Crippen molar-refractivity contribution in [2.45, 2.75) is 45.4 Å². The van der Waals surface area contributed by atoms with E-state index in [1.54, 1.807) is 0 Å². The van der Waals surface area contributed by atoms with Gasteiger partial charge < -0.3 is 5.11 Å². The van der Waals surface area contributed by atoms with Crippen LogP contribution >= 0.6 is 0 Å². The molecule has 0 heterocycles. The molecular weight excluding hydrogens is 176 g/mol. The standard InChI is InChI=1S/C12H18O2/c1-12-5-3-2-4-10(12)6-11(14)9(7-12)8-13/h8,10,13H,2-7H2,1H3/b9-8+/t10-,12-/m1/s1. The predicted molar refractivity (Wildman–Crippen MR) is 55.0 cm³/mol. The van der Waals surface area contributed by atoms with Crippen molar-refractivity contribution >= 4 is 5.78 Å². The van der Waals surface area contributed by atoms with E-state index in [9.17, 15) is 4.79 Å². The summed E-state index contributed by atoms with van der Waals surface area (Å²) in [6.07, 6.45) is 7.42. The normalized spacial score (nSPS) is 41.1. The molecule has 2 nitrogen and oxygen atoms in total. The monoisotopic (exact) mass is 194 g/mol. The lowest BCUT2D eigenvalue weighted by Crippen LogP contribution is -2.38. The SMILES string of the molecule is C[C@]12CCCC[C@@H]1CC(=O)/C(=C/O)C2. The van der Waals surface area contributed by atoms with E-state index in [0.29, 0.717) is 17.9 Å². The third kappa shape index (κ3) is 1.47. The number of ketones is 1. The Balaban J connectivity index is 2.21. The number of allylic oxidation sites excluding steroid dienone is 1. The van der Waals surface area contributed by atoms with Crippen molar-refractivity contribution < 1.29 is 9.90 Å². The first kappa shape index (κ1) is 9.75. The number of aliphatic hydroxyl groups is 1. The molecule has 14 heavy (non-hydrogen) atoms. The maximum atomic E-state index is 11.6. The van der Waals surface area contributed by atoms with Crippen molar-refractivity contribution in [2.75, 3.05) is 0 Å². The van der Waals surface area contributed by atoms with Gasteiger partial charge in [-0.3, -0.25) is 4.79 Å². The van der Waals surface area contributed by atoms with Gasteiger partial charge in [0.25, 0.3) is 0 Å². The second kappa shape index (κ2) is 3.41. The Morgan fingerprint density at radius 3 is 3.00 bits per heavy atom. The molecule has 0 saturated heterocycles. The van der Waals surface area contributed by atoms with Crippen molar-refractivity contribution in [3.8, 4) is 0 Å². The molecule has 2 aliphatic rings. The van der Waals surface area contributed by atoms with Crippen LogP contribution in [0.4, 0.5) is 0 Å². The average Bonchev–Trinajstić information content (AvgIpc) is 2.18. The minimum atomic E-state index is 0.164. The molecule has 0 radical (unpaired) electrons. The van der Waals surface area contributed by atoms with Crippen LogP contribution in [0.3, 0.4) is 0 Å². The molecule has 0 aliphatic heterocycles. The number of rotatable bonds is 0. The van der Waals surface area contributed by atoms with Gasteiger partial charge in [-0.15, -0.1) is 0 Å². The van der Waals surface area contributed by atoms with E-state index in [1.165, 1.54) is 25.7 Å². The maximum Gasteiger partial charge on any atom is 0.162 e. The zero-order chi connectivity index (χ0) is 10.2. The number of aliphatic hydroxyl groups excluding tert-OH is 1. The molecule has 2 rings (SSSR count). The molecule has 2 heteroatoms. The van der Waals surface area contributed by atoms with E-state index in [4.69, 9.17) is 5.11 Å². The largest absolute Gasteiger partial charge is 0.515 e. The third-order valence-corrected chi connectivity index (χ3v) is 4.08. The van der Waals surface area contributed by atoms with Crippen molar-refractivity contribution in [1.29, 1.82) is 0 Å². The van der Waals surface area contributed by atoms with Crippen LogP contribution in [0.1, 0.15) is 45.4 Å². The van der Waals surface area contributed by atoms with Gasteiger partial charge in [0.2, 0.25) is 0 Å². The summed E-state index contributed by atoms with van der Waals surface area (Å²) < 4.78 is 0. The fourth-order valence-electron chi connectivity index (χ4n) is 3.06. The lowest BCUT2D eigenvalue weighted by molar-refractivity contribution is -0.121. The van der Waals surface area contributed by atoms with Gasteiger partial charge in [0.15, 0.2) is 5.78 Å². The first-order valence-corrected chi connectivity index (χ1v) is 5.52. The highest BCUT2D eigenvalue weighted by atomic mass is 16.2. The molecule has 2 fully saturated rings. The second-order valence-electron chi connectivity index (χ2n) is 5.06. The van der Waals surface area contributed by atoms with Gasteiger partial charge in [0.1, 0.15) is 0 Å². The van der Waals surface area contributed by atoms with Crippen molar-refractivity contribution in [3.63, 3.8) is 0 Å². The first-order valence-electron chi connectivity index (χ1n) is 5.52. The van der Waals surface area contributed by atoms with Gasteiger partial charge in [-0.1, -0.05) is 19.8 Å². The van der Waals surface area contributed by atoms with E-state index in [1.807, 2.05) is 0 Å². The Labute approximate surface area is 85.0 Å². The smallest absolute Gasteiger partial charge is 0.162 e. The molecule has 2 aliphatic carbocycles. The summed E-state index contributed by atoms with van der Waals surface area (Å²) in [5.74, 6) is 0.726. The van der Waals surface area contributed by atoms with E-state index < -0.39 is 0 Å². The summed E-state index contributed by atoms with van der Waals surface area (Å²) in [6, 6.07) is 0. The number of hydrogen-bond acceptors (Lipinski definition) is 2. The minimum Gasteiger partial charge on any atom is -0.515 e. The molecular formula is C12H18O2. The van der Waals surface area contributed by atoms with Crippen LogP contribution in [0.2, 0.25) is 0 Å². The predicted octanol–water partition coefficient (Wildman–Crippen LogP) is 2.99. The van der Waals surface area contributed by atoms with E-state index in [2.05, 4.69) is 6.92 Å². The van der Waals surface area contributed by atoms with Crippen LogP contribution < -0.4 is 0 Å². The van der Waals surface area contributed by atoms with Crippen LogP contribution in [-0.2, 0) is 4.79 Å². The minimum absolute atomic E-state index is 0.164. The van der Waals surface area contributed by atoms with Gasteiger partial charge in [0, 0.05) is 12.0 Å². The Morgan fingerprint density at radius 2 is 2.29 bits per heavy atom. The van der Waals surface area contributed by atoms with Crippen LogP contribution in [0, 0.1) is 11.3 Å². The Bertz CT molecular complexity index is 280. The third-order valence-electron chi connectivity index (χ3n) is 4.08. The van der Waals surface area contributed by atoms with E-state index in [0.717, 1.165) is 12.7 Å². The highest BCUT2D eigenvalue weighted by Crippen LogP contribution is 2.50. The zero-order valence-corrected chi connectivity index (χ0v) is 8.75. The molecule has 2 atom stereocenters. The summed E-state index contributed by atoms with van der Waals surface area (Å²) in [7, 11) is 0. The molecule has 0 aromatic rings. The van der Waals surface area contributed by atoms with E-state index >= 15 is 0 Å². The van der Waals surface area contributed by atoms with Crippen LogP contribution in [0.5, 0.6) is 0 Å². The van der Waals surface area contributed by atoms with Crippen LogP contribution in [0.15, 0.2) is 11.8 Å². The summed E-state index contributed by atoms with van der Waals surface area (Å²) in [6.45, 7) is 2.27. The molecule has 1 N–H and O–H groups in total. The number of hydrogen-bond donors (Lipinski definition) is 1. The quantitative estimate of drug-likeness (QED) is 0.475. The second-order valence-corrected chi connectivity index (χ2v) is 5.06. The number of fused-ring (bicyclic) bond motifs is 1. The van der Waals surface area contributed by atoms with Crippen molar-refractivity contribution in [1.82, 2.24) is 0 Å². The Kier molecular flexibility index (Phi) is 2.38. The Morgan fingerprint density at radius 1 is 1.50 bits per heavy atom. The van der Waals surface area contributed by atoms with Gasteiger partial charge in [-0.25, -0.2) is 0 Å². The highest BCUT2D eigenvalue weighted by molar-refractivity contribution is 5.96. The van der Waals surface area contributed by atoms with E-state index in [-0.39, 0.29) is 11.2 Å². The number of carbonyl (C=O) groups excluding carboxylic acids is 1. The Hall–Kier alpha value is -0.790. The first-order chi connectivity index (χ1) is 6.65. The molecule has 0 aromatic heterocycles. The summed E-state index contributed by atoms with van der Waals surface area (Å²) in [5, 5.41) is 8.98. The highest BCUT2D eigenvalue weighted by Gasteiger charge is 2.42. The molecule has 0 spiro atoms. The maximum absolute atomic E-state index is 11.6. The van der Waals surface area contributed by atoms with Gasteiger partial charge in [0.05, 0.1) is 6.26 Å². The van der Waals surface area contributed by atoms with Crippen molar-refractivity contribution in [3.05, 3.63) is 11.8 Å². The number of carbonyl (C=O) groups is 1. The fraction of sp³-hybridized carbons (Fsp3) is 0.750. The van der Waals surface area contributed by atoms with Crippen LogP contribution in [-0.4, -0.2) is 10.9 Å². The number of Topliss-reactive ketones (excluding diaryl/α,β-unsaturated/α-hetero) is 1. The average molecular weight is 194 g/mol. The lowest BCUT2D eigenvalue weighted by Gasteiger charge is -2.45. The molecule has 0 aromatic carbocycles. The molecule has 0 bridgehead atoms. The molecule has 78 valence electrons. The molecule has 0 unspecified atom stereocenters. The van der Waals surface area contributed by atoms with Gasteiger partial charge in [-0.2, -0.15) is 0 Å². The molecule has 0 amide bonds. The van der Waals surface area contributed by atoms with Crippen molar-refractivity contribution in [2.24, 2.45) is 11.3 Å². The summed E-state index contributed by atoms with van der Waals surface area (Å²) in [5.41, 5.74) is 0.923. The molecule has 2 saturated carbocycles. The zero-order valence-electron chi connectivity index (χ0n) is 8.75. The summed E-state index contributed by atoms with van der Waals surface area (Å²) >= 11 is 0. The lowest BCUT2D eigenvalue weighted by atomic mass is 9.59. The van der Waals surface area contributed by atoms with Crippen LogP contribution in [0.25, 0.3) is 0 Å².